The Balaban J connectivity index is 2.59. The van der Waals surface area contributed by atoms with Crippen LogP contribution in [-0.4, -0.2) is 23.3 Å². The first-order valence-electron chi connectivity index (χ1n) is 5.62. The molecule has 0 fully saturated rings. The first-order valence-corrected chi connectivity index (χ1v) is 6.00. The van der Waals surface area contributed by atoms with Crippen molar-refractivity contribution in [3.8, 4) is 0 Å². The number of rotatable bonds is 3. The minimum atomic E-state index is 0.0334. The topological polar surface area (TPSA) is 72.1 Å². The van der Waals surface area contributed by atoms with Gasteiger partial charge in [0.1, 0.15) is 5.15 Å². The van der Waals surface area contributed by atoms with Crippen molar-refractivity contribution in [3.63, 3.8) is 0 Å². The van der Waals surface area contributed by atoms with Gasteiger partial charge < -0.3 is 10.6 Å². The molecule has 0 spiro atoms. The van der Waals surface area contributed by atoms with Gasteiger partial charge in [0.25, 0.3) is 0 Å². The molecule has 2 aromatic rings. The number of para-hydroxylation sites is 1. The van der Waals surface area contributed by atoms with E-state index >= 15 is 0 Å². The largest absolute Gasteiger partial charge is 0.368 e. The summed E-state index contributed by atoms with van der Waals surface area (Å²) in [4.78, 5) is 20.8. The third-order valence-corrected chi connectivity index (χ3v) is 3.10. The highest BCUT2D eigenvalue weighted by atomic mass is 35.5. The van der Waals surface area contributed by atoms with Crippen molar-refractivity contribution in [3.05, 3.63) is 40.5 Å². The van der Waals surface area contributed by atoms with Crippen molar-refractivity contribution in [1.82, 2.24) is 9.97 Å². The van der Waals surface area contributed by atoms with Crippen LogP contribution in [0.3, 0.4) is 0 Å². The number of aldehydes is 1. The van der Waals surface area contributed by atoms with E-state index in [1.54, 1.807) is 11.9 Å². The molecule has 2 rings (SSSR count). The second-order valence-corrected chi connectivity index (χ2v) is 4.43. The summed E-state index contributed by atoms with van der Waals surface area (Å²) in [7, 11) is 1.80. The van der Waals surface area contributed by atoms with E-state index in [0.717, 1.165) is 11.3 Å². The second kappa shape index (κ2) is 5.24. The van der Waals surface area contributed by atoms with Gasteiger partial charge in [0.05, 0.1) is 5.56 Å². The van der Waals surface area contributed by atoms with Crippen molar-refractivity contribution in [1.29, 1.82) is 0 Å². The third kappa shape index (κ3) is 2.51. The Bertz CT molecular complexity index is 630. The Morgan fingerprint density at radius 1 is 1.32 bits per heavy atom. The van der Waals surface area contributed by atoms with Crippen LogP contribution in [0.4, 0.5) is 17.5 Å². The van der Waals surface area contributed by atoms with Crippen molar-refractivity contribution in [2.75, 3.05) is 17.7 Å². The minimum Gasteiger partial charge on any atom is -0.368 e. The van der Waals surface area contributed by atoms with Gasteiger partial charge in [0, 0.05) is 12.7 Å². The molecule has 0 aliphatic heterocycles. The molecular formula is C13H13ClN4O. The van der Waals surface area contributed by atoms with Crippen LogP contribution < -0.4 is 10.6 Å². The fourth-order valence-corrected chi connectivity index (χ4v) is 2.07. The molecule has 0 aliphatic rings. The van der Waals surface area contributed by atoms with E-state index in [4.69, 9.17) is 17.3 Å². The smallest absolute Gasteiger partial charge is 0.223 e. The lowest BCUT2D eigenvalue weighted by atomic mass is 10.2. The molecule has 0 saturated heterocycles. The molecular weight excluding hydrogens is 264 g/mol. The van der Waals surface area contributed by atoms with Gasteiger partial charge in [-0.2, -0.15) is 4.98 Å². The standard InChI is InChI=1S/C13H13ClN4O/c1-8-5-3-4-6-10(8)18(2)12-9(7-19)11(14)16-13(15)17-12/h3-7H,1-2H3,(H2,15,16,17). The average Bonchev–Trinajstić information content (AvgIpc) is 2.37. The van der Waals surface area contributed by atoms with Gasteiger partial charge >= 0.3 is 0 Å². The van der Waals surface area contributed by atoms with Gasteiger partial charge in [0.15, 0.2) is 12.1 Å². The van der Waals surface area contributed by atoms with E-state index in [0.29, 0.717) is 12.1 Å². The number of nitrogens with zero attached hydrogens (tertiary/aromatic N) is 3. The molecule has 0 saturated carbocycles. The normalized spacial score (nSPS) is 10.3. The number of nitrogens with two attached hydrogens (primary N) is 1. The van der Waals surface area contributed by atoms with Gasteiger partial charge in [-0.15, -0.1) is 0 Å². The molecule has 2 N–H and O–H groups in total. The summed E-state index contributed by atoms with van der Waals surface area (Å²) in [6, 6.07) is 7.74. The summed E-state index contributed by atoms with van der Waals surface area (Å²) in [6.45, 7) is 1.97. The quantitative estimate of drug-likeness (QED) is 0.689. The van der Waals surface area contributed by atoms with Crippen LogP contribution in [0.5, 0.6) is 0 Å². The second-order valence-electron chi connectivity index (χ2n) is 4.07. The molecule has 5 nitrogen and oxygen atoms in total. The van der Waals surface area contributed by atoms with Gasteiger partial charge in [-0.25, -0.2) is 4.98 Å². The number of aryl methyl sites for hydroxylation is 1. The van der Waals surface area contributed by atoms with Crippen LogP contribution in [-0.2, 0) is 0 Å². The van der Waals surface area contributed by atoms with E-state index in [9.17, 15) is 4.79 Å². The van der Waals surface area contributed by atoms with Gasteiger partial charge in [-0.1, -0.05) is 29.8 Å². The molecule has 19 heavy (non-hydrogen) atoms. The lowest BCUT2D eigenvalue weighted by Crippen LogP contribution is -2.16. The molecule has 98 valence electrons. The molecule has 0 aliphatic carbocycles. The number of aromatic nitrogens is 2. The predicted molar refractivity (Wildman–Crippen MR) is 76.1 cm³/mol. The van der Waals surface area contributed by atoms with Crippen molar-refractivity contribution in [2.24, 2.45) is 0 Å². The lowest BCUT2D eigenvalue weighted by molar-refractivity contribution is 0.112. The van der Waals surface area contributed by atoms with Gasteiger partial charge in [-0.3, -0.25) is 4.79 Å². The molecule has 0 unspecified atom stereocenters. The number of nitrogen functional groups attached to an aromatic ring is 1. The first-order chi connectivity index (χ1) is 9.04. The average molecular weight is 277 g/mol. The molecule has 0 radical (unpaired) electrons. The Morgan fingerprint density at radius 2 is 2.00 bits per heavy atom. The number of hydrogen-bond acceptors (Lipinski definition) is 5. The molecule has 0 amide bonds. The molecule has 1 heterocycles. The van der Waals surface area contributed by atoms with Crippen molar-refractivity contribution >= 4 is 35.3 Å². The Morgan fingerprint density at radius 3 is 2.63 bits per heavy atom. The van der Waals surface area contributed by atoms with E-state index in [-0.39, 0.29) is 16.7 Å². The highest BCUT2D eigenvalue weighted by Crippen LogP contribution is 2.30. The fourth-order valence-electron chi connectivity index (χ4n) is 1.86. The highest BCUT2D eigenvalue weighted by Gasteiger charge is 2.17. The molecule has 1 aromatic heterocycles. The Kier molecular flexibility index (Phi) is 3.66. The van der Waals surface area contributed by atoms with Crippen LogP contribution in [0.2, 0.25) is 5.15 Å². The number of benzene rings is 1. The number of halogens is 1. The van der Waals surface area contributed by atoms with Crippen LogP contribution in [0.1, 0.15) is 15.9 Å². The number of hydrogen-bond donors (Lipinski definition) is 1. The first kappa shape index (κ1) is 13.3. The number of carbonyl (C=O) groups excluding carboxylic acids is 1. The SMILES string of the molecule is Cc1ccccc1N(C)c1nc(N)nc(Cl)c1C=O. The van der Waals surface area contributed by atoms with Crippen molar-refractivity contribution < 1.29 is 4.79 Å². The van der Waals surface area contributed by atoms with Crippen LogP contribution in [0, 0.1) is 6.92 Å². The van der Waals surface area contributed by atoms with E-state index in [2.05, 4.69) is 9.97 Å². The van der Waals surface area contributed by atoms with Crippen LogP contribution in [0.25, 0.3) is 0 Å². The van der Waals surface area contributed by atoms with E-state index < -0.39 is 0 Å². The summed E-state index contributed by atoms with van der Waals surface area (Å²) in [6.07, 6.45) is 0.631. The summed E-state index contributed by atoms with van der Waals surface area (Å²) < 4.78 is 0. The number of anilines is 3. The fraction of sp³-hybridized carbons (Fsp3) is 0.154. The maximum absolute atomic E-state index is 11.1. The Labute approximate surface area is 116 Å². The zero-order valence-corrected chi connectivity index (χ0v) is 11.3. The third-order valence-electron chi connectivity index (χ3n) is 2.81. The molecule has 1 aromatic carbocycles. The summed E-state index contributed by atoms with van der Waals surface area (Å²) >= 11 is 5.92. The van der Waals surface area contributed by atoms with Crippen LogP contribution >= 0.6 is 11.6 Å². The number of carbonyl (C=O) groups is 1. The molecule has 6 heteroatoms. The summed E-state index contributed by atoms with van der Waals surface area (Å²) in [5.41, 5.74) is 7.78. The van der Waals surface area contributed by atoms with E-state index in [1.807, 2.05) is 31.2 Å². The van der Waals surface area contributed by atoms with Crippen molar-refractivity contribution in [2.45, 2.75) is 6.92 Å². The summed E-state index contributed by atoms with van der Waals surface area (Å²) in [5, 5.41) is 0.0536. The van der Waals surface area contributed by atoms with E-state index in [1.165, 1.54) is 0 Å². The maximum Gasteiger partial charge on any atom is 0.223 e. The lowest BCUT2D eigenvalue weighted by Gasteiger charge is -2.22. The molecule has 0 atom stereocenters. The Hall–Kier alpha value is -2.14. The predicted octanol–water partition coefficient (Wildman–Crippen LogP) is 2.60. The zero-order chi connectivity index (χ0) is 14.0. The van der Waals surface area contributed by atoms with Gasteiger partial charge in [-0.05, 0) is 18.6 Å². The van der Waals surface area contributed by atoms with Gasteiger partial charge in [0.2, 0.25) is 5.95 Å². The minimum absolute atomic E-state index is 0.0334. The maximum atomic E-state index is 11.1. The zero-order valence-electron chi connectivity index (χ0n) is 10.6. The monoisotopic (exact) mass is 276 g/mol. The summed E-state index contributed by atoms with van der Waals surface area (Å²) in [5.74, 6) is 0.424. The van der Waals surface area contributed by atoms with Crippen LogP contribution in [0.15, 0.2) is 24.3 Å². The molecule has 0 bridgehead atoms. The highest BCUT2D eigenvalue weighted by molar-refractivity contribution is 6.32.